The number of nitrogens with zero attached hydrogens (tertiary/aromatic N) is 4. The predicted octanol–water partition coefficient (Wildman–Crippen LogP) is 3.38. The van der Waals surface area contributed by atoms with Gasteiger partial charge in [0.15, 0.2) is 5.76 Å². The van der Waals surface area contributed by atoms with Gasteiger partial charge in [-0.2, -0.15) is 0 Å². The number of imidazole rings is 1. The Morgan fingerprint density at radius 2 is 1.86 bits per heavy atom. The number of benzene rings is 2. The first kappa shape index (κ1) is 17.9. The second-order valence-corrected chi connectivity index (χ2v) is 7.35. The van der Waals surface area contributed by atoms with Crippen molar-refractivity contribution < 1.29 is 13.6 Å². The molecule has 148 valence electrons. The lowest BCUT2D eigenvalue weighted by molar-refractivity contribution is 0.0605. The lowest BCUT2D eigenvalue weighted by atomic mass is 10.2. The number of halogens is 1. The number of piperazine rings is 1. The molecule has 0 saturated carbocycles. The third kappa shape index (κ3) is 3.49. The third-order valence-corrected chi connectivity index (χ3v) is 5.54. The number of rotatable bonds is 4. The van der Waals surface area contributed by atoms with Crippen LogP contribution in [0.1, 0.15) is 10.6 Å². The van der Waals surface area contributed by atoms with Gasteiger partial charge in [-0.1, -0.05) is 18.2 Å². The van der Waals surface area contributed by atoms with Gasteiger partial charge in [-0.3, -0.25) is 9.69 Å². The fourth-order valence-corrected chi connectivity index (χ4v) is 3.88. The van der Waals surface area contributed by atoms with Crippen LogP contribution in [0.2, 0.25) is 0 Å². The van der Waals surface area contributed by atoms with Gasteiger partial charge in [-0.25, -0.2) is 9.37 Å². The summed E-state index contributed by atoms with van der Waals surface area (Å²) in [6, 6.07) is 14.2. The van der Waals surface area contributed by atoms with Crippen molar-refractivity contribution in [1.29, 1.82) is 0 Å². The Hall–Kier alpha value is -3.19. The summed E-state index contributed by atoms with van der Waals surface area (Å²) in [6.45, 7) is 4.60. The van der Waals surface area contributed by atoms with E-state index in [1.165, 1.54) is 12.1 Å². The van der Waals surface area contributed by atoms with Gasteiger partial charge in [0.2, 0.25) is 0 Å². The summed E-state index contributed by atoms with van der Waals surface area (Å²) in [7, 11) is 0. The quantitative estimate of drug-likeness (QED) is 0.534. The van der Waals surface area contributed by atoms with Gasteiger partial charge < -0.3 is 13.9 Å². The molecule has 4 aromatic rings. The molecule has 0 aliphatic carbocycles. The fourth-order valence-electron chi connectivity index (χ4n) is 3.88. The van der Waals surface area contributed by atoms with Crippen LogP contribution in [0, 0.1) is 5.82 Å². The van der Waals surface area contributed by atoms with E-state index in [9.17, 15) is 9.18 Å². The number of aromatic nitrogens is 2. The molecule has 1 amide bonds. The van der Waals surface area contributed by atoms with Crippen LogP contribution in [0.3, 0.4) is 0 Å². The molecule has 0 N–H and O–H groups in total. The molecule has 7 heteroatoms. The largest absolute Gasteiger partial charge is 0.451 e. The van der Waals surface area contributed by atoms with Gasteiger partial charge >= 0.3 is 0 Å². The molecule has 6 nitrogen and oxygen atoms in total. The molecule has 1 fully saturated rings. The van der Waals surface area contributed by atoms with Gasteiger partial charge in [-0.15, -0.1) is 0 Å². The van der Waals surface area contributed by atoms with E-state index in [4.69, 9.17) is 4.42 Å². The van der Waals surface area contributed by atoms with Crippen molar-refractivity contribution in [3.05, 3.63) is 66.4 Å². The second kappa shape index (κ2) is 7.33. The van der Waals surface area contributed by atoms with Crippen molar-refractivity contribution in [3.63, 3.8) is 0 Å². The molecule has 2 aromatic carbocycles. The van der Waals surface area contributed by atoms with Crippen LogP contribution in [0.15, 0.2) is 59.3 Å². The van der Waals surface area contributed by atoms with Gasteiger partial charge in [0.05, 0.1) is 17.4 Å². The Bertz CT molecular complexity index is 1140. The summed E-state index contributed by atoms with van der Waals surface area (Å²) in [5.41, 5.74) is 2.35. The van der Waals surface area contributed by atoms with Crippen LogP contribution in [-0.4, -0.2) is 58.0 Å². The molecule has 0 spiro atoms. The number of carbonyl (C=O) groups is 1. The molecule has 3 heterocycles. The Labute approximate surface area is 167 Å². The van der Waals surface area contributed by atoms with Crippen LogP contribution < -0.4 is 0 Å². The van der Waals surface area contributed by atoms with E-state index < -0.39 is 0 Å². The zero-order chi connectivity index (χ0) is 19.8. The molecular formula is C22H21FN4O2. The first-order chi connectivity index (χ1) is 14.2. The maximum atomic E-state index is 13.3. The van der Waals surface area contributed by atoms with Crippen LogP contribution >= 0.6 is 0 Å². The standard InChI is InChI=1S/C22H21FN4O2/c23-17-5-6-19-18(14-17)24-15-27(19)12-9-25-7-10-26(11-8-25)22(28)21-13-16-3-1-2-4-20(16)29-21/h1-6,13-15H,7-12H2. The number of furan rings is 1. The zero-order valence-electron chi connectivity index (χ0n) is 15.9. The Morgan fingerprint density at radius 1 is 1.03 bits per heavy atom. The minimum atomic E-state index is -0.270. The van der Waals surface area contributed by atoms with Crippen molar-refractivity contribution in [2.75, 3.05) is 32.7 Å². The molecular weight excluding hydrogens is 371 g/mol. The highest BCUT2D eigenvalue weighted by Gasteiger charge is 2.24. The summed E-state index contributed by atoms with van der Waals surface area (Å²) in [5, 5.41) is 0.946. The smallest absolute Gasteiger partial charge is 0.289 e. The minimum absolute atomic E-state index is 0.0523. The van der Waals surface area contributed by atoms with Crippen molar-refractivity contribution in [2.45, 2.75) is 6.54 Å². The lowest BCUT2D eigenvalue weighted by Crippen LogP contribution is -2.49. The first-order valence-electron chi connectivity index (χ1n) is 9.78. The number of hydrogen-bond acceptors (Lipinski definition) is 4. The SMILES string of the molecule is O=C(c1cc2ccccc2o1)N1CCN(CCn2cnc3cc(F)ccc32)CC1. The topological polar surface area (TPSA) is 54.5 Å². The molecule has 0 bridgehead atoms. The van der Waals surface area contributed by atoms with E-state index in [1.807, 2.05) is 39.8 Å². The summed E-state index contributed by atoms with van der Waals surface area (Å²) in [6.07, 6.45) is 1.76. The highest BCUT2D eigenvalue weighted by atomic mass is 19.1. The summed E-state index contributed by atoms with van der Waals surface area (Å²) in [5.74, 6) is 0.0771. The Morgan fingerprint density at radius 3 is 2.69 bits per heavy atom. The highest BCUT2D eigenvalue weighted by Crippen LogP contribution is 2.21. The van der Waals surface area contributed by atoms with Gasteiger partial charge in [0, 0.05) is 50.7 Å². The molecule has 1 saturated heterocycles. The second-order valence-electron chi connectivity index (χ2n) is 7.35. The van der Waals surface area contributed by atoms with E-state index in [0.29, 0.717) is 24.4 Å². The van der Waals surface area contributed by atoms with Crippen molar-refractivity contribution >= 4 is 27.9 Å². The number of amides is 1. The number of carbonyl (C=O) groups excluding carboxylic acids is 1. The van der Waals surface area contributed by atoms with E-state index >= 15 is 0 Å². The highest BCUT2D eigenvalue weighted by molar-refractivity contribution is 5.96. The monoisotopic (exact) mass is 392 g/mol. The summed E-state index contributed by atoms with van der Waals surface area (Å²) >= 11 is 0. The average molecular weight is 392 g/mol. The molecule has 0 radical (unpaired) electrons. The van der Waals surface area contributed by atoms with Crippen molar-refractivity contribution in [1.82, 2.24) is 19.4 Å². The predicted molar refractivity (Wildman–Crippen MR) is 108 cm³/mol. The van der Waals surface area contributed by atoms with Crippen LogP contribution in [-0.2, 0) is 6.54 Å². The van der Waals surface area contributed by atoms with Crippen molar-refractivity contribution in [2.24, 2.45) is 0 Å². The fraction of sp³-hybridized carbons (Fsp3) is 0.273. The lowest BCUT2D eigenvalue weighted by Gasteiger charge is -2.34. The van der Waals surface area contributed by atoms with Gasteiger partial charge in [-0.05, 0) is 24.3 Å². The molecule has 1 aliphatic rings. The number of para-hydroxylation sites is 1. The normalized spacial score (nSPS) is 15.4. The molecule has 29 heavy (non-hydrogen) atoms. The third-order valence-electron chi connectivity index (χ3n) is 5.54. The molecule has 1 aliphatic heterocycles. The van der Waals surface area contributed by atoms with E-state index in [-0.39, 0.29) is 11.7 Å². The maximum absolute atomic E-state index is 13.3. The number of fused-ring (bicyclic) bond motifs is 2. The van der Waals surface area contributed by atoms with Crippen LogP contribution in [0.5, 0.6) is 0 Å². The molecule has 0 unspecified atom stereocenters. The van der Waals surface area contributed by atoms with E-state index in [0.717, 1.165) is 42.7 Å². The number of hydrogen-bond donors (Lipinski definition) is 0. The Kier molecular flexibility index (Phi) is 4.52. The summed E-state index contributed by atoms with van der Waals surface area (Å²) in [4.78, 5) is 21.2. The average Bonchev–Trinajstić information content (AvgIpc) is 3.35. The van der Waals surface area contributed by atoms with E-state index in [2.05, 4.69) is 9.88 Å². The molecule has 2 aromatic heterocycles. The summed E-state index contributed by atoms with van der Waals surface area (Å²) < 4.78 is 21.1. The van der Waals surface area contributed by atoms with Crippen LogP contribution in [0.4, 0.5) is 4.39 Å². The van der Waals surface area contributed by atoms with E-state index in [1.54, 1.807) is 12.4 Å². The molecule has 0 atom stereocenters. The van der Waals surface area contributed by atoms with Crippen LogP contribution in [0.25, 0.3) is 22.0 Å². The zero-order valence-corrected chi connectivity index (χ0v) is 15.9. The minimum Gasteiger partial charge on any atom is -0.451 e. The Balaban J connectivity index is 1.18. The van der Waals surface area contributed by atoms with Gasteiger partial charge in [0.1, 0.15) is 11.4 Å². The first-order valence-corrected chi connectivity index (χ1v) is 9.78. The van der Waals surface area contributed by atoms with Crippen molar-refractivity contribution in [3.8, 4) is 0 Å². The maximum Gasteiger partial charge on any atom is 0.289 e. The molecule has 5 rings (SSSR count). The van der Waals surface area contributed by atoms with Gasteiger partial charge in [0.25, 0.3) is 5.91 Å².